The molecule has 82 valence electrons. The number of thiol groups is 1. The summed E-state index contributed by atoms with van der Waals surface area (Å²) in [6.45, 7) is 1.82. The van der Waals surface area contributed by atoms with Gasteiger partial charge in [-0.25, -0.2) is 0 Å². The van der Waals surface area contributed by atoms with E-state index in [0.29, 0.717) is 5.75 Å². The summed E-state index contributed by atoms with van der Waals surface area (Å²) in [5.41, 5.74) is 6.45. The zero-order chi connectivity index (χ0) is 11.3. The summed E-state index contributed by atoms with van der Waals surface area (Å²) in [4.78, 5) is 11.4. The molecule has 0 aromatic heterocycles. The van der Waals surface area contributed by atoms with Crippen LogP contribution in [0.3, 0.4) is 0 Å². The monoisotopic (exact) mass is 225 g/mol. The van der Waals surface area contributed by atoms with Crippen molar-refractivity contribution in [2.45, 2.75) is 19.1 Å². The number of esters is 1. The number of hydrogen-bond donors (Lipinski definition) is 2. The molecule has 0 aliphatic heterocycles. The summed E-state index contributed by atoms with van der Waals surface area (Å²) in [6, 6.07) is 8.88. The predicted octanol–water partition coefficient (Wildman–Crippen LogP) is 1.55. The highest BCUT2D eigenvalue weighted by atomic mass is 32.1. The summed E-state index contributed by atoms with van der Waals surface area (Å²) in [5.74, 6) is -0.123. The third-order valence-corrected chi connectivity index (χ3v) is 2.45. The lowest BCUT2D eigenvalue weighted by Crippen LogP contribution is -2.34. The predicted molar refractivity (Wildman–Crippen MR) is 62.8 cm³/mol. The lowest BCUT2D eigenvalue weighted by Gasteiger charge is -2.15. The fraction of sp³-hybridized carbons (Fsp3) is 0.364. The molecule has 4 heteroatoms. The number of carbonyl (C=O) groups is 1. The van der Waals surface area contributed by atoms with Crippen molar-refractivity contribution in [1.82, 2.24) is 0 Å². The van der Waals surface area contributed by atoms with Gasteiger partial charge in [-0.1, -0.05) is 30.3 Å². The first kappa shape index (κ1) is 12.1. The van der Waals surface area contributed by atoms with Crippen LogP contribution in [0.1, 0.15) is 18.6 Å². The number of benzene rings is 1. The summed E-state index contributed by atoms with van der Waals surface area (Å²) >= 11 is 3.94. The minimum Gasteiger partial charge on any atom is -0.457 e. The van der Waals surface area contributed by atoms with Crippen LogP contribution in [-0.4, -0.2) is 17.8 Å². The van der Waals surface area contributed by atoms with Gasteiger partial charge in [-0.15, -0.1) is 0 Å². The Labute approximate surface area is 95.0 Å². The van der Waals surface area contributed by atoms with Crippen molar-refractivity contribution in [3.8, 4) is 0 Å². The van der Waals surface area contributed by atoms with Crippen LogP contribution in [0.4, 0.5) is 0 Å². The molecule has 1 rings (SSSR count). The van der Waals surface area contributed by atoms with Crippen molar-refractivity contribution in [2.24, 2.45) is 5.73 Å². The number of hydrogen-bond acceptors (Lipinski definition) is 4. The van der Waals surface area contributed by atoms with Crippen molar-refractivity contribution in [3.63, 3.8) is 0 Å². The summed E-state index contributed by atoms with van der Waals surface area (Å²) in [7, 11) is 0. The van der Waals surface area contributed by atoms with Crippen molar-refractivity contribution < 1.29 is 9.53 Å². The third-order valence-electron chi connectivity index (χ3n) is 2.06. The molecule has 0 aliphatic rings. The zero-order valence-corrected chi connectivity index (χ0v) is 9.48. The Kier molecular flexibility index (Phi) is 4.65. The standard InChI is InChI=1S/C11H15NO2S/c1-8(9-5-3-2-4-6-9)14-11(13)10(12)7-15/h2-6,8,10,15H,7,12H2,1H3/t8?,10-/m0/s1. The molecule has 0 spiro atoms. The molecule has 3 nitrogen and oxygen atoms in total. The molecule has 2 atom stereocenters. The van der Waals surface area contributed by atoms with Gasteiger partial charge in [0, 0.05) is 5.75 Å². The number of ether oxygens (including phenoxy) is 1. The van der Waals surface area contributed by atoms with E-state index in [-0.39, 0.29) is 6.10 Å². The average molecular weight is 225 g/mol. The van der Waals surface area contributed by atoms with Crippen molar-refractivity contribution in [3.05, 3.63) is 35.9 Å². The van der Waals surface area contributed by atoms with Gasteiger partial charge in [0.25, 0.3) is 0 Å². The Balaban J connectivity index is 2.56. The molecule has 1 unspecified atom stereocenters. The van der Waals surface area contributed by atoms with E-state index in [1.54, 1.807) is 0 Å². The van der Waals surface area contributed by atoms with E-state index in [2.05, 4.69) is 12.6 Å². The van der Waals surface area contributed by atoms with Crippen LogP contribution < -0.4 is 5.73 Å². The van der Waals surface area contributed by atoms with Crippen molar-refractivity contribution >= 4 is 18.6 Å². The molecule has 0 aliphatic carbocycles. The molecule has 0 heterocycles. The van der Waals surface area contributed by atoms with Crippen LogP contribution >= 0.6 is 12.6 Å². The summed E-state index contributed by atoms with van der Waals surface area (Å²) in [5, 5.41) is 0. The van der Waals surface area contributed by atoms with Crippen molar-refractivity contribution in [2.75, 3.05) is 5.75 Å². The molecule has 2 N–H and O–H groups in total. The summed E-state index contributed by atoms with van der Waals surface area (Å²) < 4.78 is 5.18. The van der Waals surface area contributed by atoms with Crippen molar-refractivity contribution in [1.29, 1.82) is 0 Å². The Hall–Kier alpha value is -1.00. The van der Waals surface area contributed by atoms with Gasteiger partial charge in [0.1, 0.15) is 12.1 Å². The number of rotatable bonds is 4. The molecule has 0 saturated carbocycles. The van der Waals surface area contributed by atoms with Gasteiger partial charge in [-0.2, -0.15) is 12.6 Å². The SMILES string of the molecule is CC(OC(=O)[C@@H](N)CS)c1ccccc1. The average Bonchev–Trinajstić information content (AvgIpc) is 2.29. The Morgan fingerprint density at radius 1 is 1.47 bits per heavy atom. The first-order valence-corrected chi connectivity index (χ1v) is 5.40. The van der Waals surface area contributed by atoms with E-state index < -0.39 is 12.0 Å². The maximum Gasteiger partial charge on any atom is 0.324 e. The van der Waals surface area contributed by atoms with Gasteiger partial charge in [-0.05, 0) is 12.5 Å². The van der Waals surface area contributed by atoms with E-state index in [1.165, 1.54) is 0 Å². The molecule has 0 bridgehead atoms. The van der Waals surface area contributed by atoms with Crippen LogP contribution in [0.15, 0.2) is 30.3 Å². The summed E-state index contributed by atoms with van der Waals surface area (Å²) in [6.07, 6.45) is -0.273. The van der Waals surface area contributed by atoms with Gasteiger partial charge in [-0.3, -0.25) is 4.79 Å². The molecule has 1 aromatic carbocycles. The van der Waals surface area contributed by atoms with E-state index in [9.17, 15) is 4.79 Å². The second-order valence-electron chi connectivity index (χ2n) is 3.28. The third kappa shape index (κ3) is 3.57. The number of carbonyl (C=O) groups excluding carboxylic acids is 1. The highest BCUT2D eigenvalue weighted by Gasteiger charge is 2.17. The van der Waals surface area contributed by atoms with Crippen LogP contribution in [0.2, 0.25) is 0 Å². The van der Waals surface area contributed by atoms with E-state index in [0.717, 1.165) is 5.56 Å². The maximum atomic E-state index is 11.4. The molecular weight excluding hydrogens is 210 g/mol. The van der Waals surface area contributed by atoms with Gasteiger partial charge in [0.15, 0.2) is 0 Å². The fourth-order valence-electron chi connectivity index (χ4n) is 1.13. The van der Waals surface area contributed by atoms with E-state index in [1.807, 2.05) is 37.3 Å². The van der Waals surface area contributed by atoms with Crippen LogP contribution in [-0.2, 0) is 9.53 Å². The van der Waals surface area contributed by atoms with Crippen LogP contribution in [0, 0.1) is 0 Å². The first-order valence-electron chi connectivity index (χ1n) is 4.77. The lowest BCUT2D eigenvalue weighted by atomic mass is 10.1. The maximum absolute atomic E-state index is 11.4. The van der Waals surface area contributed by atoms with Crippen LogP contribution in [0.25, 0.3) is 0 Å². The van der Waals surface area contributed by atoms with Gasteiger partial charge in [0.2, 0.25) is 0 Å². The normalized spacial score (nSPS) is 14.3. The Morgan fingerprint density at radius 3 is 2.60 bits per heavy atom. The number of nitrogens with two attached hydrogens (primary N) is 1. The minimum absolute atomic E-state index is 0.273. The van der Waals surface area contributed by atoms with Gasteiger partial charge < -0.3 is 10.5 Å². The molecule has 0 radical (unpaired) electrons. The molecule has 1 aromatic rings. The van der Waals surface area contributed by atoms with E-state index in [4.69, 9.17) is 10.5 Å². The largest absolute Gasteiger partial charge is 0.457 e. The molecule has 0 saturated heterocycles. The molecule has 15 heavy (non-hydrogen) atoms. The van der Waals surface area contributed by atoms with Gasteiger partial charge >= 0.3 is 5.97 Å². The van der Waals surface area contributed by atoms with Gasteiger partial charge in [0.05, 0.1) is 0 Å². The second kappa shape index (κ2) is 5.78. The van der Waals surface area contributed by atoms with Crippen LogP contribution in [0.5, 0.6) is 0 Å². The molecule has 0 amide bonds. The smallest absolute Gasteiger partial charge is 0.324 e. The second-order valence-corrected chi connectivity index (χ2v) is 3.64. The topological polar surface area (TPSA) is 52.3 Å². The van der Waals surface area contributed by atoms with E-state index >= 15 is 0 Å². The fourth-order valence-corrected chi connectivity index (χ4v) is 1.28. The Bertz CT molecular complexity index is 316. The quantitative estimate of drug-likeness (QED) is 0.604. The molecule has 0 fully saturated rings. The minimum atomic E-state index is -0.653. The lowest BCUT2D eigenvalue weighted by molar-refractivity contribution is -0.149. The highest BCUT2D eigenvalue weighted by Crippen LogP contribution is 2.16. The Morgan fingerprint density at radius 2 is 2.07 bits per heavy atom. The first-order chi connectivity index (χ1) is 7.15. The highest BCUT2D eigenvalue weighted by molar-refractivity contribution is 7.80. The zero-order valence-electron chi connectivity index (χ0n) is 8.59. The molecular formula is C11H15NO2S.